The quantitative estimate of drug-likeness (QED) is 0.281. The van der Waals surface area contributed by atoms with E-state index in [-0.39, 0.29) is 12.0 Å². The zero-order valence-corrected chi connectivity index (χ0v) is 32.3. The van der Waals surface area contributed by atoms with Crippen molar-refractivity contribution in [2.24, 2.45) is 34.5 Å². The van der Waals surface area contributed by atoms with E-state index in [0.717, 1.165) is 34.6 Å². The predicted octanol–water partition coefficient (Wildman–Crippen LogP) is 2.44. The van der Waals surface area contributed by atoms with Gasteiger partial charge in [0.15, 0.2) is 24.4 Å². The van der Waals surface area contributed by atoms with E-state index in [2.05, 4.69) is 0 Å². The van der Waals surface area contributed by atoms with Crippen LogP contribution < -0.4 is 0 Å². The van der Waals surface area contributed by atoms with Gasteiger partial charge in [0.25, 0.3) is 0 Å². The van der Waals surface area contributed by atoms with Crippen molar-refractivity contribution in [2.75, 3.05) is 6.61 Å². The summed E-state index contributed by atoms with van der Waals surface area (Å²) in [4.78, 5) is 106. The van der Waals surface area contributed by atoms with Crippen molar-refractivity contribution in [3.63, 3.8) is 0 Å². The number of esters is 7. The minimum absolute atomic E-state index is 0.128. The monoisotopic (exact) mass is 772 g/mol. The molecular weight excluding hydrogens is 724 g/mol. The molecule has 0 radical (unpaired) electrons. The van der Waals surface area contributed by atoms with Crippen LogP contribution in [0.4, 0.5) is 0 Å². The van der Waals surface area contributed by atoms with E-state index < -0.39 is 137 Å². The maximum atomic E-state index is 14.6. The molecule has 2 bridgehead atoms. The molecule has 12 atom stereocenters. The number of ether oxygens (including phenoxy) is 7. The molecule has 0 heterocycles. The fraction of sp³-hybridized carbons (Fsp3) is 0.641. The molecule has 0 aromatic heterocycles. The summed E-state index contributed by atoms with van der Waals surface area (Å²) in [6.07, 6.45) is -9.00. The molecule has 0 spiro atoms. The summed E-state index contributed by atoms with van der Waals surface area (Å²) in [7, 11) is 0. The first-order chi connectivity index (χ1) is 25.5. The zero-order valence-electron chi connectivity index (χ0n) is 32.3. The van der Waals surface area contributed by atoms with E-state index in [9.17, 15) is 43.5 Å². The number of Topliss-reactive ketones (excluding diaryl/α,β-unsaturated/α-hetero) is 1. The molecule has 4 fully saturated rings. The SMILES string of the molecule is CC(=O)OCC(=O)O[C@@H]1[C@H]2[C@@H](OC(=O)c3ccccc3)[C@@H](C)C[C@]2(O)[C@H](OC(C)=O)[C@@]2(C)[C@@H]3[C@@H](C[C@]1(OC(C)=O)[C@@H]2OC(C)=O)C(=O)C(C)(C)[C@H]3OC(C)=O. The van der Waals surface area contributed by atoms with Gasteiger partial charge in [-0.15, -0.1) is 0 Å². The van der Waals surface area contributed by atoms with Gasteiger partial charge in [0.2, 0.25) is 0 Å². The number of hydrogen-bond donors (Lipinski definition) is 1. The molecule has 16 heteroatoms. The average molecular weight is 773 g/mol. The van der Waals surface area contributed by atoms with E-state index in [1.54, 1.807) is 39.0 Å². The van der Waals surface area contributed by atoms with E-state index >= 15 is 0 Å². The summed E-state index contributed by atoms with van der Waals surface area (Å²) in [5.74, 6) is -11.8. The van der Waals surface area contributed by atoms with Crippen LogP contribution in [0.3, 0.4) is 0 Å². The van der Waals surface area contributed by atoms with Crippen molar-refractivity contribution in [3.05, 3.63) is 35.9 Å². The third kappa shape index (κ3) is 6.97. The lowest BCUT2D eigenvalue weighted by molar-refractivity contribution is -0.276. The molecule has 300 valence electrons. The summed E-state index contributed by atoms with van der Waals surface area (Å²) in [5, 5.41) is 13.4. The molecule has 5 rings (SSSR count). The van der Waals surface area contributed by atoms with Crippen molar-refractivity contribution in [1.29, 1.82) is 0 Å². The van der Waals surface area contributed by atoms with Crippen LogP contribution in [0.5, 0.6) is 0 Å². The van der Waals surface area contributed by atoms with E-state index in [0.29, 0.717) is 0 Å². The maximum Gasteiger partial charge on any atom is 0.344 e. The average Bonchev–Trinajstić information content (AvgIpc) is 3.42. The Labute approximate surface area is 317 Å². The predicted molar refractivity (Wildman–Crippen MR) is 184 cm³/mol. The largest absolute Gasteiger partial charge is 0.461 e. The van der Waals surface area contributed by atoms with Crippen molar-refractivity contribution < 1.29 is 76.6 Å². The molecule has 55 heavy (non-hydrogen) atoms. The number of carbonyl (C=O) groups is 8. The Bertz CT molecular complexity index is 1770. The number of hydrogen-bond acceptors (Lipinski definition) is 16. The maximum absolute atomic E-state index is 14.6. The smallest absolute Gasteiger partial charge is 0.344 e. The minimum Gasteiger partial charge on any atom is -0.461 e. The van der Waals surface area contributed by atoms with Gasteiger partial charge in [0.1, 0.15) is 29.7 Å². The van der Waals surface area contributed by atoms with Crippen LogP contribution in [-0.2, 0) is 66.7 Å². The fourth-order valence-corrected chi connectivity index (χ4v) is 10.2. The molecule has 0 aliphatic heterocycles. The highest BCUT2D eigenvalue weighted by Crippen LogP contribution is 2.69. The Balaban J connectivity index is 1.90. The Kier molecular flexibility index (Phi) is 11.0. The molecule has 0 amide bonds. The highest BCUT2D eigenvalue weighted by molar-refractivity contribution is 5.91. The third-order valence-corrected chi connectivity index (χ3v) is 11.8. The van der Waals surface area contributed by atoms with Gasteiger partial charge in [-0.05, 0) is 38.3 Å². The van der Waals surface area contributed by atoms with Gasteiger partial charge in [-0.3, -0.25) is 28.8 Å². The Morgan fingerprint density at radius 2 is 1.29 bits per heavy atom. The van der Waals surface area contributed by atoms with Crippen LogP contribution in [0.25, 0.3) is 0 Å². The highest BCUT2D eigenvalue weighted by atomic mass is 16.6. The highest BCUT2D eigenvalue weighted by Gasteiger charge is 2.84. The number of rotatable bonds is 9. The van der Waals surface area contributed by atoms with Crippen LogP contribution in [0.1, 0.15) is 85.5 Å². The topological polar surface area (TPSA) is 221 Å². The first-order valence-corrected chi connectivity index (χ1v) is 18.1. The molecule has 16 nitrogen and oxygen atoms in total. The van der Waals surface area contributed by atoms with Gasteiger partial charge in [-0.1, -0.05) is 32.0 Å². The Hall–Kier alpha value is -4.86. The Morgan fingerprint density at radius 3 is 1.84 bits per heavy atom. The van der Waals surface area contributed by atoms with Gasteiger partial charge >= 0.3 is 41.8 Å². The Morgan fingerprint density at radius 1 is 0.709 bits per heavy atom. The molecule has 0 unspecified atom stereocenters. The van der Waals surface area contributed by atoms with Gasteiger partial charge in [-0.25, -0.2) is 9.59 Å². The second kappa shape index (κ2) is 14.7. The number of aliphatic hydroxyl groups is 1. The molecule has 4 aliphatic rings. The summed E-state index contributed by atoms with van der Waals surface area (Å²) in [6.45, 7) is 10.6. The van der Waals surface area contributed by atoms with Crippen LogP contribution in [-0.4, -0.2) is 101 Å². The summed E-state index contributed by atoms with van der Waals surface area (Å²) in [5.41, 5.74) is -8.05. The van der Waals surface area contributed by atoms with Crippen molar-refractivity contribution in [1.82, 2.24) is 0 Å². The van der Waals surface area contributed by atoms with Crippen molar-refractivity contribution in [3.8, 4) is 0 Å². The van der Waals surface area contributed by atoms with Gasteiger partial charge < -0.3 is 38.3 Å². The molecule has 1 aromatic rings. The normalized spacial score (nSPS) is 36.8. The second-order valence-corrected chi connectivity index (χ2v) is 16.0. The van der Waals surface area contributed by atoms with Gasteiger partial charge in [0, 0.05) is 52.9 Å². The van der Waals surface area contributed by atoms with Crippen LogP contribution >= 0.6 is 0 Å². The first-order valence-electron chi connectivity index (χ1n) is 18.1. The van der Waals surface area contributed by atoms with E-state index in [1.165, 1.54) is 19.1 Å². The van der Waals surface area contributed by atoms with Gasteiger partial charge in [0.05, 0.1) is 22.3 Å². The lowest BCUT2D eigenvalue weighted by Gasteiger charge is -2.58. The van der Waals surface area contributed by atoms with Gasteiger partial charge in [-0.2, -0.15) is 0 Å². The van der Waals surface area contributed by atoms with E-state index in [1.807, 2.05) is 0 Å². The number of fused-ring (bicyclic) bond motifs is 5. The summed E-state index contributed by atoms with van der Waals surface area (Å²) >= 11 is 0. The standard InChI is InChI=1S/C39H48O16/c1-18-15-38(48)28(29(18)54-33(47)24-13-11-10-12-14-24)32(53-26(45)17-49-19(2)40)39(55-23(6)44)16-25-27(31(50-20(3)41)36(7,8)30(25)46)37(9,34(38)51-21(4)42)35(39)52-22(5)43/h10-14,18,25,27-29,31-32,34-35,48H,15-17H2,1-9H3/t18-,25+,27+,28+,29-,31-,32+,34+,35+,37+,38+,39+/m0/s1. The van der Waals surface area contributed by atoms with Crippen molar-refractivity contribution in [2.45, 2.75) is 117 Å². The molecule has 4 saturated carbocycles. The minimum atomic E-state index is -2.38. The van der Waals surface area contributed by atoms with Crippen LogP contribution in [0, 0.1) is 34.5 Å². The molecule has 4 aliphatic carbocycles. The first kappa shape index (κ1) is 41.3. The molecule has 1 aromatic carbocycles. The fourth-order valence-electron chi connectivity index (χ4n) is 10.2. The molecule has 1 N–H and O–H groups in total. The number of ketones is 1. The summed E-state index contributed by atoms with van der Waals surface area (Å²) in [6, 6.07) is 7.88. The van der Waals surface area contributed by atoms with E-state index in [4.69, 9.17) is 33.2 Å². The zero-order chi connectivity index (χ0) is 41.0. The van der Waals surface area contributed by atoms with Crippen LogP contribution in [0.15, 0.2) is 30.3 Å². The van der Waals surface area contributed by atoms with Crippen LogP contribution in [0.2, 0.25) is 0 Å². The van der Waals surface area contributed by atoms with Crippen molar-refractivity contribution >= 4 is 47.6 Å². The third-order valence-electron chi connectivity index (χ3n) is 11.8. The second-order valence-electron chi connectivity index (χ2n) is 16.0. The molecular formula is C39H48O16. The summed E-state index contributed by atoms with van der Waals surface area (Å²) < 4.78 is 41.5. The lowest BCUT2D eigenvalue weighted by atomic mass is 9.53. The molecule has 0 saturated heterocycles. The number of benzene rings is 1. The number of carbonyl (C=O) groups excluding carboxylic acids is 8. The lowest BCUT2D eigenvalue weighted by Crippen LogP contribution is -2.72.